The van der Waals surface area contributed by atoms with Crippen LogP contribution in [0.15, 0.2) is 154 Å². The van der Waals surface area contributed by atoms with Gasteiger partial charge < -0.3 is 18.6 Å². The van der Waals surface area contributed by atoms with Gasteiger partial charge in [-0.25, -0.2) is 0 Å². The van der Waals surface area contributed by atoms with Crippen molar-refractivity contribution in [2.24, 2.45) is 0 Å². The number of para-hydroxylation sites is 4. The minimum absolute atomic E-state index is 0.853. The molecule has 0 fully saturated rings. The number of furan rings is 2. The molecule has 0 saturated carbocycles. The predicted octanol–water partition coefficient (Wildman–Crippen LogP) is 17.2. The van der Waals surface area contributed by atoms with E-state index < -0.39 is 0 Å². The third kappa shape index (κ3) is 5.81. The van der Waals surface area contributed by atoms with Crippen molar-refractivity contribution in [3.63, 3.8) is 0 Å². The van der Waals surface area contributed by atoms with E-state index in [1.807, 2.05) is 0 Å². The van der Waals surface area contributed by atoms with Crippen molar-refractivity contribution in [3.05, 3.63) is 190 Å². The molecule has 302 valence electrons. The Morgan fingerprint density at radius 2 is 0.597 bits per heavy atom. The minimum Gasteiger partial charge on any atom is -0.456 e. The van der Waals surface area contributed by atoms with E-state index in [9.17, 15) is 0 Å². The summed E-state index contributed by atoms with van der Waals surface area (Å²) in [4.78, 5) is 4.88. The van der Waals surface area contributed by atoms with E-state index in [1.54, 1.807) is 0 Å². The topological polar surface area (TPSA) is 32.8 Å². The lowest BCUT2D eigenvalue weighted by molar-refractivity contribution is 0.663. The molecule has 4 heteroatoms. The second-order valence-corrected chi connectivity index (χ2v) is 17.4. The number of anilines is 6. The molecule has 0 radical (unpaired) electrons. The van der Waals surface area contributed by atoms with E-state index in [0.29, 0.717) is 0 Å². The number of rotatable bonds is 6. The molecular weight excluding hydrogens is 757 g/mol. The minimum atomic E-state index is 0.853. The number of hydrogen-bond acceptors (Lipinski definition) is 4. The van der Waals surface area contributed by atoms with Crippen molar-refractivity contribution in [1.29, 1.82) is 0 Å². The number of nitrogens with zero attached hydrogens (tertiary/aromatic N) is 2. The van der Waals surface area contributed by atoms with E-state index in [4.69, 9.17) is 8.83 Å². The largest absolute Gasteiger partial charge is 0.456 e. The van der Waals surface area contributed by atoms with Crippen LogP contribution >= 0.6 is 0 Å². The second kappa shape index (κ2) is 14.1. The van der Waals surface area contributed by atoms with Gasteiger partial charge in [0, 0.05) is 32.9 Å². The van der Waals surface area contributed by atoms with Gasteiger partial charge in [0.2, 0.25) is 0 Å². The number of fused-ring (bicyclic) bond motifs is 9. The van der Waals surface area contributed by atoms with Gasteiger partial charge in [-0.05, 0) is 182 Å². The Balaban J connectivity index is 1.07. The maximum Gasteiger partial charge on any atom is 0.136 e. The van der Waals surface area contributed by atoms with Crippen LogP contribution in [0.2, 0.25) is 0 Å². The Morgan fingerprint density at radius 1 is 0.290 bits per heavy atom. The number of aryl methyl sites for hydroxylation is 8. The molecule has 2 aromatic heterocycles. The summed E-state index contributed by atoms with van der Waals surface area (Å²) >= 11 is 0. The summed E-state index contributed by atoms with van der Waals surface area (Å²) in [6.45, 7) is 17.6. The summed E-state index contributed by atoms with van der Waals surface area (Å²) < 4.78 is 13.4. The Bertz CT molecular complexity index is 3220. The molecule has 0 amide bonds. The van der Waals surface area contributed by atoms with Crippen LogP contribution < -0.4 is 9.80 Å². The van der Waals surface area contributed by atoms with E-state index in [-0.39, 0.29) is 0 Å². The fourth-order valence-electron chi connectivity index (χ4n) is 10.2. The van der Waals surface area contributed by atoms with Crippen LogP contribution in [0.4, 0.5) is 34.1 Å². The van der Waals surface area contributed by atoms with E-state index in [1.165, 1.54) is 67.3 Å². The first-order valence-corrected chi connectivity index (χ1v) is 21.6. The van der Waals surface area contributed by atoms with Gasteiger partial charge >= 0.3 is 0 Å². The van der Waals surface area contributed by atoms with Crippen molar-refractivity contribution in [2.45, 2.75) is 55.4 Å². The highest BCUT2D eigenvalue weighted by molar-refractivity contribution is 6.28. The molecule has 62 heavy (non-hydrogen) atoms. The normalized spacial score (nSPS) is 11.9. The Labute approximate surface area is 362 Å². The number of hydrogen-bond donors (Lipinski definition) is 0. The van der Waals surface area contributed by atoms with E-state index >= 15 is 0 Å². The first kappa shape index (κ1) is 37.7. The summed E-state index contributed by atoms with van der Waals surface area (Å²) in [5, 5.41) is 8.92. The van der Waals surface area contributed by atoms with Crippen molar-refractivity contribution in [3.8, 4) is 0 Å². The van der Waals surface area contributed by atoms with Crippen LogP contribution in [-0.4, -0.2) is 0 Å². The average Bonchev–Trinajstić information content (AvgIpc) is 3.79. The smallest absolute Gasteiger partial charge is 0.136 e. The quantitative estimate of drug-likeness (QED) is 0.168. The van der Waals surface area contributed by atoms with Gasteiger partial charge in [-0.2, -0.15) is 0 Å². The first-order chi connectivity index (χ1) is 30.0. The fraction of sp³-hybridized carbons (Fsp3) is 0.138. The third-order valence-corrected chi connectivity index (χ3v) is 13.1. The van der Waals surface area contributed by atoms with Crippen LogP contribution in [-0.2, 0) is 0 Å². The average molecular weight is 805 g/mol. The molecule has 0 N–H and O–H groups in total. The summed E-state index contributed by atoms with van der Waals surface area (Å²) in [5.74, 6) is 0. The van der Waals surface area contributed by atoms with Crippen molar-refractivity contribution in [2.75, 3.05) is 9.80 Å². The van der Waals surface area contributed by atoms with Gasteiger partial charge in [0.05, 0.1) is 22.7 Å². The molecule has 0 atom stereocenters. The first-order valence-electron chi connectivity index (χ1n) is 21.6. The van der Waals surface area contributed by atoms with Gasteiger partial charge in [0.15, 0.2) is 0 Å². The number of benzene rings is 9. The SMILES string of the molecule is Cc1cccc(C)c1N(c1ccc2cc3c(cc2c1)oc1ccc2oc4cc5cc(N(c6c(C)cccc6C)c6c(C)cccc6C)ccc5cc4c2c13)c1c(C)cccc1C. The van der Waals surface area contributed by atoms with E-state index in [0.717, 1.165) is 76.8 Å². The standard InChI is InChI=1S/C58H48N2O2/c1-33-13-9-14-34(2)55(33)59(56-35(3)15-10-16-36(56)4)45-23-21-41-29-47-51(31-43(41)27-45)61-49-25-26-50-54(53(47)49)48-30-42-22-24-46(28-44(42)32-52(48)62-50)60(57-37(5)17-11-18-38(57)6)58-39(7)19-12-20-40(58)8/h9-32H,1-8H3. The molecule has 0 spiro atoms. The lowest BCUT2D eigenvalue weighted by Crippen LogP contribution is -2.15. The van der Waals surface area contributed by atoms with E-state index in [2.05, 4.69) is 211 Å². The summed E-state index contributed by atoms with van der Waals surface area (Å²) in [6, 6.07) is 53.0. The molecule has 9 aromatic carbocycles. The molecule has 11 aromatic rings. The summed E-state index contributed by atoms with van der Waals surface area (Å²) in [7, 11) is 0. The molecule has 0 unspecified atom stereocenters. The maximum atomic E-state index is 6.72. The third-order valence-electron chi connectivity index (χ3n) is 13.1. The Kier molecular flexibility index (Phi) is 8.59. The van der Waals surface area contributed by atoms with Crippen LogP contribution in [0.1, 0.15) is 44.5 Å². The monoisotopic (exact) mass is 804 g/mol. The van der Waals surface area contributed by atoms with Crippen molar-refractivity contribution in [1.82, 2.24) is 0 Å². The molecular formula is C58H48N2O2. The van der Waals surface area contributed by atoms with Crippen molar-refractivity contribution >= 4 is 99.5 Å². The molecule has 0 aliphatic heterocycles. The van der Waals surface area contributed by atoms with Gasteiger partial charge in [-0.3, -0.25) is 0 Å². The predicted molar refractivity (Wildman–Crippen MR) is 263 cm³/mol. The van der Waals surface area contributed by atoms with Crippen LogP contribution in [0.25, 0.3) is 65.4 Å². The van der Waals surface area contributed by atoms with Crippen LogP contribution in [0, 0.1) is 55.4 Å². The summed E-state index contributed by atoms with van der Waals surface area (Å²) in [6.07, 6.45) is 0. The molecule has 0 saturated heterocycles. The zero-order chi connectivity index (χ0) is 42.6. The lowest BCUT2D eigenvalue weighted by atomic mass is 9.99. The van der Waals surface area contributed by atoms with Gasteiger partial charge in [-0.1, -0.05) is 84.9 Å². The van der Waals surface area contributed by atoms with Gasteiger partial charge in [0.25, 0.3) is 0 Å². The van der Waals surface area contributed by atoms with Gasteiger partial charge in [0.1, 0.15) is 22.3 Å². The fourth-order valence-corrected chi connectivity index (χ4v) is 10.2. The van der Waals surface area contributed by atoms with Crippen LogP contribution in [0.5, 0.6) is 0 Å². The highest BCUT2D eigenvalue weighted by Gasteiger charge is 2.24. The molecule has 0 aliphatic carbocycles. The zero-order valence-corrected chi connectivity index (χ0v) is 36.6. The molecule has 0 bridgehead atoms. The lowest BCUT2D eigenvalue weighted by Gasteiger charge is -2.31. The highest BCUT2D eigenvalue weighted by Crippen LogP contribution is 2.47. The molecule has 2 heterocycles. The maximum absolute atomic E-state index is 6.72. The molecule has 4 nitrogen and oxygen atoms in total. The highest BCUT2D eigenvalue weighted by atomic mass is 16.3. The zero-order valence-electron chi connectivity index (χ0n) is 36.6. The summed E-state index contributed by atoms with van der Waals surface area (Å²) in [5.41, 5.74) is 20.4. The Morgan fingerprint density at radius 3 is 0.903 bits per heavy atom. The second-order valence-electron chi connectivity index (χ2n) is 17.4. The van der Waals surface area contributed by atoms with Crippen LogP contribution in [0.3, 0.4) is 0 Å². The molecule has 0 aliphatic rings. The molecule has 11 rings (SSSR count). The van der Waals surface area contributed by atoms with Crippen molar-refractivity contribution < 1.29 is 8.83 Å². The van der Waals surface area contributed by atoms with Gasteiger partial charge in [-0.15, -0.1) is 0 Å². The Hall–Kier alpha value is -7.30.